The van der Waals surface area contributed by atoms with E-state index in [1.807, 2.05) is 36.6 Å². The molecule has 1 rings (SSSR count). The number of benzene rings is 1. The molecule has 0 heterocycles. The van der Waals surface area contributed by atoms with Crippen LogP contribution in [0.4, 0.5) is 0 Å². The second-order valence-electron chi connectivity index (χ2n) is 2.78. The lowest BCUT2D eigenvalue weighted by molar-refractivity contribution is -0.417. The number of allylic oxidation sites excluding steroid dienone is 1. The largest absolute Gasteiger partial charge is 0.270 e. The molecule has 0 aromatic heterocycles. The first-order valence-corrected chi connectivity index (χ1v) is 5.63. The first-order chi connectivity index (χ1) is 7.24. The van der Waals surface area contributed by atoms with Gasteiger partial charge in [0.15, 0.2) is 0 Å². The van der Waals surface area contributed by atoms with Crippen molar-refractivity contribution in [3.63, 3.8) is 0 Å². The van der Waals surface area contributed by atoms with Gasteiger partial charge in [-0.2, -0.15) is 0 Å². The van der Waals surface area contributed by atoms with Gasteiger partial charge in [-0.15, -0.1) is 11.8 Å². The monoisotopic (exact) mass is 221 g/mol. The van der Waals surface area contributed by atoms with Gasteiger partial charge in [-0.3, -0.25) is 10.1 Å². The van der Waals surface area contributed by atoms with Crippen molar-refractivity contribution in [2.45, 2.75) is 0 Å². The molecule has 0 bridgehead atoms. The fourth-order valence-corrected chi connectivity index (χ4v) is 1.29. The smallest absolute Gasteiger partial charge is 0.258 e. The summed E-state index contributed by atoms with van der Waals surface area (Å²) >= 11 is 1.43. The Labute approximate surface area is 92.7 Å². The molecule has 0 spiro atoms. The Bertz CT molecular complexity index is 385. The number of nitro groups is 1. The molecule has 0 radical (unpaired) electrons. The highest BCUT2D eigenvalue weighted by molar-refractivity contribution is 8.01. The van der Waals surface area contributed by atoms with E-state index in [2.05, 4.69) is 0 Å². The average Bonchev–Trinajstić information content (AvgIpc) is 2.25. The van der Waals surface area contributed by atoms with Crippen LogP contribution in [0.1, 0.15) is 5.56 Å². The van der Waals surface area contributed by atoms with Crippen LogP contribution in [0.15, 0.2) is 47.5 Å². The predicted molar refractivity (Wildman–Crippen MR) is 64.1 cm³/mol. The van der Waals surface area contributed by atoms with E-state index in [-0.39, 0.29) is 10.6 Å². The minimum atomic E-state index is -0.389. The van der Waals surface area contributed by atoms with Crippen LogP contribution in [0.3, 0.4) is 0 Å². The SMILES string of the molecule is CS/C=C\C(=C/c1ccccc1)[N+](=O)[O-]. The first-order valence-electron chi connectivity index (χ1n) is 4.34. The van der Waals surface area contributed by atoms with Crippen molar-refractivity contribution in [1.29, 1.82) is 0 Å². The normalized spacial score (nSPS) is 11.9. The zero-order valence-corrected chi connectivity index (χ0v) is 9.11. The Morgan fingerprint density at radius 2 is 2.07 bits per heavy atom. The molecule has 0 fully saturated rings. The highest BCUT2D eigenvalue weighted by Crippen LogP contribution is 2.09. The van der Waals surface area contributed by atoms with E-state index in [0.29, 0.717) is 0 Å². The average molecular weight is 221 g/mol. The molecule has 0 aliphatic heterocycles. The van der Waals surface area contributed by atoms with Gasteiger partial charge < -0.3 is 0 Å². The van der Waals surface area contributed by atoms with Crippen molar-refractivity contribution in [1.82, 2.24) is 0 Å². The number of rotatable bonds is 4. The summed E-state index contributed by atoms with van der Waals surface area (Å²) in [5.74, 6) is 0. The van der Waals surface area contributed by atoms with Crippen LogP contribution in [0.25, 0.3) is 6.08 Å². The van der Waals surface area contributed by atoms with Crippen molar-refractivity contribution >= 4 is 17.8 Å². The van der Waals surface area contributed by atoms with Gasteiger partial charge >= 0.3 is 0 Å². The Morgan fingerprint density at radius 3 is 2.60 bits per heavy atom. The van der Waals surface area contributed by atoms with Gasteiger partial charge in [-0.1, -0.05) is 30.3 Å². The van der Waals surface area contributed by atoms with Gasteiger partial charge in [-0.05, 0) is 17.2 Å². The summed E-state index contributed by atoms with van der Waals surface area (Å²) in [7, 11) is 0. The Morgan fingerprint density at radius 1 is 1.40 bits per heavy atom. The van der Waals surface area contributed by atoms with Gasteiger partial charge in [0.2, 0.25) is 0 Å². The van der Waals surface area contributed by atoms with E-state index >= 15 is 0 Å². The molecule has 0 saturated carbocycles. The van der Waals surface area contributed by atoms with E-state index in [4.69, 9.17) is 0 Å². The molecule has 1 aromatic rings. The van der Waals surface area contributed by atoms with Crippen LogP contribution in [0.5, 0.6) is 0 Å². The van der Waals surface area contributed by atoms with Gasteiger partial charge in [0.1, 0.15) is 0 Å². The molecular weight excluding hydrogens is 210 g/mol. The summed E-state index contributed by atoms with van der Waals surface area (Å²) in [4.78, 5) is 10.3. The molecule has 0 amide bonds. The molecule has 0 aliphatic carbocycles. The van der Waals surface area contributed by atoms with Crippen molar-refractivity contribution in [3.8, 4) is 0 Å². The zero-order chi connectivity index (χ0) is 11.1. The fraction of sp³-hybridized carbons (Fsp3) is 0.0909. The molecular formula is C11H11NO2S. The van der Waals surface area contributed by atoms with Gasteiger partial charge in [0.05, 0.1) is 4.92 Å². The minimum Gasteiger partial charge on any atom is -0.258 e. The maximum Gasteiger partial charge on any atom is 0.270 e. The molecule has 0 N–H and O–H groups in total. The standard InChI is InChI=1S/C11H11NO2S/c1-15-8-7-11(12(13)14)9-10-5-3-2-4-6-10/h2-9H,1H3/b8-7-,11-9+. The molecule has 1 aromatic carbocycles. The van der Waals surface area contributed by atoms with Crippen molar-refractivity contribution in [3.05, 3.63) is 63.2 Å². The summed E-state index contributed by atoms with van der Waals surface area (Å²) < 4.78 is 0. The molecule has 15 heavy (non-hydrogen) atoms. The van der Waals surface area contributed by atoms with E-state index in [0.717, 1.165) is 5.56 Å². The number of hydrogen-bond donors (Lipinski definition) is 0. The second kappa shape index (κ2) is 6.03. The van der Waals surface area contributed by atoms with E-state index in [1.54, 1.807) is 11.5 Å². The summed E-state index contributed by atoms with van der Waals surface area (Å²) in [6.07, 6.45) is 4.90. The third-order valence-electron chi connectivity index (χ3n) is 1.70. The van der Waals surface area contributed by atoms with E-state index < -0.39 is 0 Å². The number of thioether (sulfide) groups is 1. The lowest BCUT2D eigenvalue weighted by Gasteiger charge is -1.93. The van der Waals surface area contributed by atoms with Gasteiger partial charge in [0.25, 0.3) is 5.70 Å². The maximum atomic E-state index is 10.7. The molecule has 4 heteroatoms. The molecule has 3 nitrogen and oxygen atoms in total. The Hall–Kier alpha value is -1.55. The quantitative estimate of drug-likeness (QED) is 0.445. The van der Waals surface area contributed by atoms with Gasteiger partial charge in [0, 0.05) is 12.2 Å². The molecule has 0 saturated heterocycles. The molecule has 0 unspecified atom stereocenters. The summed E-state index contributed by atoms with van der Waals surface area (Å²) in [6.45, 7) is 0. The van der Waals surface area contributed by atoms with Crippen molar-refractivity contribution in [2.75, 3.05) is 6.26 Å². The first kappa shape index (κ1) is 11.5. The minimum absolute atomic E-state index is 0.0931. The van der Waals surface area contributed by atoms with Crippen LogP contribution in [0, 0.1) is 10.1 Å². The lowest BCUT2D eigenvalue weighted by atomic mass is 10.2. The number of nitrogens with zero attached hydrogens (tertiary/aromatic N) is 1. The van der Waals surface area contributed by atoms with Crippen LogP contribution in [-0.2, 0) is 0 Å². The van der Waals surface area contributed by atoms with Crippen LogP contribution < -0.4 is 0 Å². The topological polar surface area (TPSA) is 43.1 Å². The highest BCUT2D eigenvalue weighted by atomic mass is 32.2. The van der Waals surface area contributed by atoms with Crippen LogP contribution >= 0.6 is 11.8 Å². The Kier molecular flexibility index (Phi) is 4.63. The molecule has 78 valence electrons. The van der Waals surface area contributed by atoms with E-state index in [9.17, 15) is 10.1 Å². The van der Waals surface area contributed by atoms with Crippen molar-refractivity contribution in [2.24, 2.45) is 0 Å². The molecule has 0 aliphatic rings. The van der Waals surface area contributed by atoms with Crippen LogP contribution in [0.2, 0.25) is 0 Å². The summed E-state index contributed by atoms with van der Waals surface area (Å²) in [5, 5.41) is 12.4. The number of hydrogen-bond acceptors (Lipinski definition) is 3. The zero-order valence-electron chi connectivity index (χ0n) is 8.29. The fourth-order valence-electron chi connectivity index (χ4n) is 1.02. The predicted octanol–water partition coefficient (Wildman–Crippen LogP) is 3.18. The highest BCUT2D eigenvalue weighted by Gasteiger charge is 2.04. The second-order valence-corrected chi connectivity index (χ2v) is 3.52. The summed E-state index contributed by atoms with van der Waals surface area (Å²) in [5.41, 5.74) is 0.922. The van der Waals surface area contributed by atoms with Crippen molar-refractivity contribution < 1.29 is 4.92 Å². The maximum absolute atomic E-state index is 10.7. The Balaban J connectivity index is 2.94. The van der Waals surface area contributed by atoms with Crippen LogP contribution in [-0.4, -0.2) is 11.2 Å². The lowest BCUT2D eigenvalue weighted by Crippen LogP contribution is -1.94. The summed E-state index contributed by atoms with van der Waals surface area (Å²) in [6, 6.07) is 9.23. The third-order valence-corrected chi connectivity index (χ3v) is 2.11. The molecule has 0 atom stereocenters. The van der Waals surface area contributed by atoms with E-state index in [1.165, 1.54) is 17.8 Å². The van der Waals surface area contributed by atoms with Gasteiger partial charge in [-0.25, -0.2) is 0 Å². The third kappa shape index (κ3) is 3.99.